The van der Waals surface area contributed by atoms with Crippen molar-refractivity contribution in [1.29, 1.82) is 0 Å². The van der Waals surface area contributed by atoms with E-state index < -0.39 is 17.6 Å². The first kappa shape index (κ1) is 13.4. The number of carbonyl (C=O) groups excluding carboxylic acids is 1. The van der Waals surface area contributed by atoms with Crippen molar-refractivity contribution in [2.75, 3.05) is 6.54 Å². The van der Waals surface area contributed by atoms with Crippen LogP contribution in [0.2, 0.25) is 0 Å². The summed E-state index contributed by atoms with van der Waals surface area (Å²) in [6.07, 6.45) is 4.43. The van der Waals surface area contributed by atoms with Crippen molar-refractivity contribution >= 4 is 11.9 Å². The van der Waals surface area contributed by atoms with Crippen LogP contribution >= 0.6 is 0 Å². The molecule has 3 N–H and O–H groups in total. The zero-order chi connectivity index (χ0) is 15.8. The molecule has 5 rings (SSSR count). The Bertz CT molecular complexity index is 752. The molecular weight excluding hydrogens is 294 g/mol. The molecule has 0 radical (unpaired) electrons. The number of hydrogen-bond acceptors (Lipinski definition) is 5. The number of carbonyl (C=O) groups is 1. The monoisotopic (exact) mass is 313 g/mol. The van der Waals surface area contributed by atoms with Gasteiger partial charge in [0.1, 0.15) is 5.60 Å². The van der Waals surface area contributed by atoms with E-state index in [4.69, 9.17) is 4.74 Å². The maximum Gasteiger partial charge on any atom is 0.174 e. The van der Waals surface area contributed by atoms with Crippen molar-refractivity contribution in [3.63, 3.8) is 0 Å². The van der Waals surface area contributed by atoms with Gasteiger partial charge in [-0.3, -0.25) is 4.79 Å². The lowest BCUT2D eigenvalue weighted by atomic mass is 9.65. The third-order valence-electron chi connectivity index (χ3n) is 5.70. The standard InChI is InChI=1S/C18H19NO4/c20-11-4-3-10-7-13(19-8-9-1-2-9)18(22)6-5-12(21)17-15(18)14(10)16(11)23-17/h3-4,7,9,15,17,19-20,22H,1-2,5-6,8H2/t15?,17?,18-/m1/s1. The van der Waals surface area contributed by atoms with Crippen LogP contribution in [0.15, 0.2) is 17.8 Å². The highest BCUT2D eigenvalue weighted by atomic mass is 16.5. The van der Waals surface area contributed by atoms with Crippen molar-refractivity contribution in [2.45, 2.75) is 43.3 Å². The first-order chi connectivity index (χ1) is 11.1. The molecule has 1 aromatic carbocycles. The molecule has 5 nitrogen and oxygen atoms in total. The Morgan fingerprint density at radius 1 is 1.35 bits per heavy atom. The van der Waals surface area contributed by atoms with Gasteiger partial charge in [-0.25, -0.2) is 0 Å². The average Bonchev–Trinajstić information content (AvgIpc) is 3.26. The summed E-state index contributed by atoms with van der Waals surface area (Å²) < 4.78 is 5.78. The summed E-state index contributed by atoms with van der Waals surface area (Å²) in [4.78, 5) is 12.3. The SMILES string of the molecule is O=C1CC[C@@]2(O)C(NCC3CC3)=Cc3ccc(O)c4c3C2C1O4. The number of Topliss-reactive ketones (excluding diaryl/α,β-unsaturated/α-hetero) is 1. The molecule has 0 spiro atoms. The van der Waals surface area contributed by atoms with Gasteiger partial charge in [0.2, 0.25) is 0 Å². The molecule has 23 heavy (non-hydrogen) atoms. The lowest BCUT2D eigenvalue weighted by Crippen LogP contribution is -2.54. The molecule has 120 valence electrons. The van der Waals surface area contributed by atoms with Crippen molar-refractivity contribution in [2.24, 2.45) is 5.92 Å². The molecule has 5 heteroatoms. The number of ether oxygens (including phenoxy) is 1. The molecule has 1 aromatic rings. The highest BCUT2D eigenvalue weighted by Crippen LogP contribution is 2.57. The molecule has 1 heterocycles. The van der Waals surface area contributed by atoms with Crippen molar-refractivity contribution < 1.29 is 19.7 Å². The number of ketones is 1. The van der Waals surface area contributed by atoms with E-state index in [2.05, 4.69) is 5.32 Å². The number of nitrogens with one attached hydrogen (secondary N) is 1. The number of aliphatic hydroxyl groups is 1. The van der Waals surface area contributed by atoms with Crippen molar-refractivity contribution in [3.05, 3.63) is 29.0 Å². The Morgan fingerprint density at radius 2 is 2.17 bits per heavy atom. The quantitative estimate of drug-likeness (QED) is 0.791. The highest BCUT2D eigenvalue weighted by molar-refractivity contribution is 5.90. The van der Waals surface area contributed by atoms with Crippen LogP contribution in [0.25, 0.3) is 6.08 Å². The van der Waals surface area contributed by atoms with Crippen LogP contribution in [0, 0.1) is 5.92 Å². The lowest BCUT2D eigenvalue weighted by molar-refractivity contribution is -0.135. The molecule has 4 aliphatic rings. The second kappa shape index (κ2) is 4.29. The predicted octanol–water partition coefficient (Wildman–Crippen LogP) is 1.68. The van der Waals surface area contributed by atoms with E-state index in [1.807, 2.05) is 12.1 Å². The summed E-state index contributed by atoms with van der Waals surface area (Å²) in [6.45, 7) is 0.862. The van der Waals surface area contributed by atoms with Gasteiger partial charge in [0.05, 0.1) is 5.92 Å². The Kier molecular flexibility index (Phi) is 2.51. The molecule has 0 amide bonds. The molecule has 0 saturated heterocycles. The van der Waals surface area contributed by atoms with Crippen molar-refractivity contribution in [3.8, 4) is 11.5 Å². The van der Waals surface area contributed by atoms with Gasteiger partial charge >= 0.3 is 0 Å². The highest BCUT2D eigenvalue weighted by Gasteiger charge is 2.59. The maximum absolute atomic E-state index is 12.3. The van der Waals surface area contributed by atoms with Gasteiger partial charge in [-0.2, -0.15) is 0 Å². The van der Waals surface area contributed by atoms with E-state index in [1.54, 1.807) is 6.07 Å². The number of phenolic OH excluding ortho intramolecular Hbond substituents is 1. The number of hydrogen-bond donors (Lipinski definition) is 3. The van der Waals surface area contributed by atoms with Crippen LogP contribution < -0.4 is 10.1 Å². The minimum Gasteiger partial charge on any atom is -0.504 e. The van der Waals surface area contributed by atoms with Gasteiger partial charge in [0.25, 0.3) is 0 Å². The van der Waals surface area contributed by atoms with Gasteiger partial charge in [0, 0.05) is 24.2 Å². The average molecular weight is 313 g/mol. The maximum atomic E-state index is 12.3. The van der Waals surface area contributed by atoms with Gasteiger partial charge < -0.3 is 20.3 Å². The summed E-state index contributed by atoms with van der Waals surface area (Å²) >= 11 is 0. The summed E-state index contributed by atoms with van der Waals surface area (Å²) in [6, 6.07) is 3.42. The molecule has 3 aliphatic carbocycles. The van der Waals surface area contributed by atoms with Gasteiger partial charge in [-0.15, -0.1) is 0 Å². The van der Waals surface area contributed by atoms with Gasteiger partial charge in [-0.1, -0.05) is 6.07 Å². The second-order valence-corrected chi connectivity index (χ2v) is 7.21. The van der Waals surface area contributed by atoms with Gasteiger partial charge in [0.15, 0.2) is 23.4 Å². The summed E-state index contributed by atoms with van der Waals surface area (Å²) in [5, 5.41) is 24.9. The van der Waals surface area contributed by atoms with Crippen LogP contribution in [0.3, 0.4) is 0 Å². The summed E-state index contributed by atoms with van der Waals surface area (Å²) in [7, 11) is 0. The summed E-state index contributed by atoms with van der Waals surface area (Å²) in [5.74, 6) is 0.675. The smallest absolute Gasteiger partial charge is 0.174 e. The number of phenols is 1. The van der Waals surface area contributed by atoms with E-state index in [-0.39, 0.29) is 11.5 Å². The fraction of sp³-hybridized carbons (Fsp3) is 0.500. The van der Waals surface area contributed by atoms with E-state index in [1.165, 1.54) is 12.8 Å². The number of aromatic hydroxyl groups is 1. The van der Waals surface area contributed by atoms with E-state index in [0.717, 1.165) is 23.4 Å². The zero-order valence-electron chi connectivity index (χ0n) is 12.7. The van der Waals surface area contributed by atoms with Crippen LogP contribution in [0.5, 0.6) is 11.5 Å². The number of rotatable bonds is 3. The third kappa shape index (κ3) is 1.74. The fourth-order valence-corrected chi connectivity index (χ4v) is 4.24. The fourth-order valence-electron chi connectivity index (χ4n) is 4.24. The first-order valence-electron chi connectivity index (χ1n) is 8.31. The Labute approximate surface area is 134 Å². The molecule has 2 unspecified atom stereocenters. The Balaban J connectivity index is 1.65. The Hall–Kier alpha value is -2.01. The van der Waals surface area contributed by atoms with E-state index in [9.17, 15) is 15.0 Å². The minimum absolute atomic E-state index is 0.00432. The molecule has 0 aromatic heterocycles. The largest absolute Gasteiger partial charge is 0.504 e. The molecule has 0 bridgehead atoms. The van der Waals surface area contributed by atoms with Crippen molar-refractivity contribution in [1.82, 2.24) is 5.32 Å². The zero-order valence-corrected chi connectivity index (χ0v) is 12.7. The van der Waals surface area contributed by atoms with Crippen LogP contribution in [0.1, 0.15) is 42.7 Å². The Morgan fingerprint density at radius 3 is 2.96 bits per heavy atom. The van der Waals surface area contributed by atoms with E-state index >= 15 is 0 Å². The second-order valence-electron chi connectivity index (χ2n) is 7.21. The first-order valence-corrected chi connectivity index (χ1v) is 8.31. The molecule has 3 atom stereocenters. The molecule has 2 saturated carbocycles. The van der Waals surface area contributed by atoms with Crippen LogP contribution in [-0.4, -0.2) is 34.2 Å². The normalized spacial score (nSPS) is 33.8. The topological polar surface area (TPSA) is 78.8 Å². The minimum atomic E-state index is -1.11. The van der Waals surface area contributed by atoms with Crippen LogP contribution in [0.4, 0.5) is 0 Å². The van der Waals surface area contributed by atoms with Crippen LogP contribution in [-0.2, 0) is 4.79 Å². The molecule has 1 aliphatic heterocycles. The van der Waals surface area contributed by atoms with E-state index in [0.29, 0.717) is 24.5 Å². The van der Waals surface area contributed by atoms with Gasteiger partial charge in [-0.05, 0) is 42.9 Å². The number of benzene rings is 1. The molecular formula is C18H19NO4. The molecule has 2 fully saturated rings. The predicted molar refractivity (Wildman–Crippen MR) is 83.2 cm³/mol. The lowest BCUT2D eigenvalue weighted by Gasteiger charge is -2.44. The third-order valence-corrected chi connectivity index (χ3v) is 5.70. The summed E-state index contributed by atoms with van der Waals surface area (Å²) in [5.41, 5.74) is 1.38.